The van der Waals surface area contributed by atoms with E-state index in [1.165, 1.54) is 0 Å². The van der Waals surface area contributed by atoms with Crippen LogP contribution in [-0.4, -0.2) is 66.9 Å². The summed E-state index contributed by atoms with van der Waals surface area (Å²) in [5.41, 5.74) is 3.51. The average molecular weight is 528 g/mol. The van der Waals surface area contributed by atoms with Crippen LogP contribution in [-0.2, 0) is 9.59 Å². The molecule has 1 heterocycles. The van der Waals surface area contributed by atoms with Crippen LogP contribution in [0.25, 0.3) is 5.76 Å². The number of amides is 1. The topological polar surface area (TPSA) is 64.1 Å². The van der Waals surface area contributed by atoms with Gasteiger partial charge < -0.3 is 19.8 Å². The Bertz CT molecular complexity index is 1080. The number of nitrogens with zero attached hydrogens (tertiary/aromatic N) is 3. The molecule has 0 saturated carbocycles. The molecule has 1 atom stereocenters. The number of likely N-dealkylation sites (tertiary alicyclic amines) is 1. The van der Waals surface area contributed by atoms with Crippen LogP contribution in [0.3, 0.4) is 0 Å². The number of Topliss-reactive ketones (excluding diaryl/α,β-unsaturated/α-hetero) is 1. The molecular formula is C27H34BrN3O3. The van der Waals surface area contributed by atoms with Crippen LogP contribution in [0.1, 0.15) is 43.0 Å². The zero-order chi connectivity index (χ0) is 25.0. The van der Waals surface area contributed by atoms with Crippen LogP contribution >= 0.6 is 15.9 Å². The first kappa shape index (κ1) is 26.0. The number of halogens is 1. The van der Waals surface area contributed by atoms with Crippen molar-refractivity contribution in [3.63, 3.8) is 0 Å². The van der Waals surface area contributed by atoms with E-state index in [0.29, 0.717) is 12.1 Å². The van der Waals surface area contributed by atoms with E-state index in [9.17, 15) is 14.7 Å². The normalized spacial score (nSPS) is 17.6. The molecule has 6 nitrogen and oxygen atoms in total. The van der Waals surface area contributed by atoms with Gasteiger partial charge in [-0.2, -0.15) is 0 Å². The molecule has 1 saturated heterocycles. The summed E-state index contributed by atoms with van der Waals surface area (Å²) in [5, 5.41) is 11.3. The zero-order valence-electron chi connectivity index (χ0n) is 20.6. The quantitative estimate of drug-likeness (QED) is 0.283. The van der Waals surface area contributed by atoms with Crippen LogP contribution in [0.2, 0.25) is 0 Å². The van der Waals surface area contributed by atoms with Crippen LogP contribution in [0.15, 0.2) is 52.5 Å². The van der Waals surface area contributed by atoms with E-state index < -0.39 is 17.7 Å². The molecule has 0 bridgehead atoms. The molecule has 0 aliphatic carbocycles. The molecule has 34 heavy (non-hydrogen) atoms. The van der Waals surface area contributed by atoms with Crippen molar-refractivity contribution >= 4 is 39.1 Å². The second-order valence-corrected chi connectivity index (χ2v) is 9.73. The number of hydrogen-bond acceptors (Lipinski definition) is 5. The van der Waals surface area contributed by atoms with Gasteiger partial charge in [-0.15, -0.1) is 0 Å². The Hall–Kier alpha value is -2.64. The molecule has 2 aromatic rings. The highest BCUT2D eigenvalue weighted by Gasteiger charge is 2.45. The van der Waals surface area contributed by atoms with E-state index in [4.69, 9.17) is 0 Å². The van der Waals surface area contributed by atoms with Gasteiger partial charge in [0.15, 0.2) is 0 Å². The van der Waals surface area contributed by atoms with Crippen molar-refractivity contribution in [3.05, 3.63) is 69.2 Å². The molecule has 1 fully saturated rings. The first-order valence-corrected chi connectivity index (χ1v) is 12.5. The lowest BCUT2D eigenvalue weighted by molar-refractivity contribution is -0.139. The van der Waals surface area contributed by atoms with Gasteiger partial charge in [0.05, 0.1) is 11.6 Å². The molecule has 0 aromatic heterocycles. The van der Waals surface area contributed by atoms with Crippen molar-refractivity contribution in [1.82, 2.24) is 9.80 Å². The third-order valence-electron chi connectivity index (χ3n) is 6.31. The third-order valence-corrected chi connectivity index (χ3v) is 7.20. The number of carbonyl (C=O) groups is 2. The Balaban J connectivity index is 2.09. The third kappa shape index (κ3) is 5.36. The summed E-state index contributed by atoms with van der Waals surface area (Å²) in [4.78, 5) is 32.2. The molecule has 1 aliphatic heterocycles. The largest absolute Gasteiger partial charge is 0.507 e. The molecule has 182 valence electrons. The van der Waals surface area contributed by atoms with Crippen molar-refractivity contribution in [1.29, 1.82) is 0 Å². The Kier molecular flexibility index (Phi) is 8.55. The second kappa shape index (κ2) is 11.2. The van der Waals surface area contributed by atoms with Gasteiger partial charge in [0.1, 0.15) is 5.76 Å². The Morgan fingerprint density at radius 1 is 1.06 bits per heavy atom. The van der Waals surface area contributed by atoms with Crippen molar-refractivity contribution < 1.29 is 14.7 Å². The van der Waals surface area contributed by atoms with Gasteiger partial charge in [0.2, 0.25) is 0 Å². The number of aliphatic hydroxyl groups excluding tert-OH is 1. The molecule has 1 N–H and O–H groups in total. The summed E-state index contributed by atoms with van der Waals surface area (Å²) < 4.78 is 0.914. The molecular weight excluding hydrogens is 494 g/mol. The van der Waals surface area contributed by atoms with Crippen molar-refractivity contribution in [2.24, 2.45) is 0 Å². The van der Waals surface area contributed by atoms with E-state index in [0.717, 1.165) is 47.3 Å². The second-order valence-electron chi connectivity index (χ2n) is 8.88. The smallest absolute Gasteiger partial charge is 0.295 e. The number of aliphatic hydroxyl groups is 1. The zero-order valence-corrected chi connectivity index (χ0v) is 22.2. The lowest BCUT2D eigenvalue weighted by Gasteiger charge is -2.27. The van der Waals surface area contributed by atoms with Gasteiger partial charge in [-0.3, -0.25) is 9.59 Å². The fourth-order valence-electron chi connectivity index (χ4n) is 4.42. The molecule has 0 spiro atoms. The maximum atomic E-state index is 13.2. The van der Waals surface area contributed by atoms with Crippen molar-refractivity contribution in [2.75, 3.05) is 45.2 Å². The van der Waals surface area contributed by atoms with E-state index in [1.54, 1.807) is 11.0 Å². The Morgan fingerprint density at radius 3 is 2.26 bits per heavy atom. The number of ketones is 1. The number of anilines is 1. The minimum absolute atomic E-state index is 0.137. The van der Waals surface area contributed by atoms with Crippen LogP contribution in [0.5, 0.6) is 0 Å². The molecule has 0 radical (unpaired) electrons. The fourth-order valence-corrected chi connectivity index (χ4v) is 4.66. The minimum Gasteiger partial charge on any atom is -0.507 e. The van der Waals surface area contributed by atoms with Gasteiger partial charge in [0, 0.05) is 35.4 Å². The number of rotatable bonds is 9. The molecule has 1 aliphatic rings. The predicted molar refractivity (Wildman–Crippen MR) is 141 cm³/mol. The highest BCUT2D eigenvalue weighted by atomic mass is 79.9. The predicted octanol–water partition coefficient (Wildman–Crippen LogP) is 4.98. The molecule has 3 rings (SSSR count). The summed E-state index contributed by atoms with van der Waals surface area (Å²) in [6.45, 7) is 9.14. The number of aryl methyl sites for hydroxylation is 1. The van der Waals surface area contributed by atoms with Crippen LogP contribution < -0.4 is 4.90 Å². The van der Waals surface area contributed by atoms with Gasteiger partial charge >= 0.3 is 0 Å². The fraction of sp³-hybridized carbons (Fsp3) is 0.407. The average Bonchev–Trinajstić information content (AvgIpc) is 3.06. The van der Waals surface area contributed by atoms with Crippen LogP contribution in [0.4, 0.5) is 5.69 Å². The van der Waals surface area contributed by atoms with E-state index in [1.807, 2.05) is 57.4 Å². The first-order valence-electron chi connectivity index (χ1n) is 11.7. The van der Waals surface area contributed by atoms with Gasteiger partial charge in [-0.05, 0) is 83.2 Å². The SMILES string of the molecule is CCN(CC)c1ccc(C2/C(=C(/O)c3ccc(Br)c(C)c3)C(=O)C(=O)N2CCCN(C)C)cc1. The maximum Gasteiger partial charge on any atom is 0.295 e. The van der Waals surface area contributed by atoms with Crippen molar-refractivity contribution in [2.45, 2.75) is 33.2 Å². The Labute approximate surface area is 211 Å². The summed E-state index contributed by atoms with van der Waals surface area (Å²) >= 11 is 3.48. The van der Waals surface area contributed by atoms with E-state index in [2.05, 4.69) is 39.6 Å². The lowest BCUT2D eigenvalue weighted by atomic mass is 9.94. The Morgan fingerprint density at radius 2 is 1.71 bits per heavy atom. The van der Waals surface area contributed by atoms with Crippen LogP contribution in [0, 0.1) is 6.92 Å². The first-order chi connectivity index (χ1) is 16.2. The minimum atomic E-state index is -0.638. The lowest BCUT2D eigenvalue weighted by Crippen LogP contribution is -2.32. The molecule has 7 heteroatoms. The number of carbonyl (C=O) groups excluding carboxylic acids is 2. The van der Waals surface area contributed by atoms with Crippen molar-refractivity contribution in [3.8, 4) is 0 Å². The summed E-state index contributed by atoms with van der Waals surface area (Å²) in [6, 6.07) is 12.7. The highest BCUT2D eigenvalue weighted by Crippen LogP contribution is 2.40. The van der Waals surface area contributed by atoms with Gasteiger partial charge in [-0.25, -0.2) is 0 Å². The van der Waals surface area contributed by atoms with Gasteiger partial charge in [0.25, 0.3) is 11.7 Å². The monoisotopic (exact) mass is 527 g/mol. The summed E-state index contributed by atoms with van der Waals surface area (Å²) in [7, 11) is 3.96. The number of hydrogen-bond donors (Lipinski definition) is 1. The number of benzene rings is 2. The molecule has 1 amide bonds. The standard InChI is InChI=1S/C27H34BrN3O3/c1-6-30(7-2)21-12-9-19(10-13-21)24-23(25(32)20-11-14-22(28)18(3)17-20)26(33)27(34)31(24)16-8-15-29(4)5/h9-14,17,24,32H,6-8,15-16H2,1-5H3/b25-23-. The highest BCUT2D eigenvalue weighted by molar-refractivity contribution is 9.10. The summed E-state index contributed by atoms with van der Waals surface area (Å²) in [6.07, 6.45) is 0.728. The molecule has 1 unspecified atom stereocenters. The summed E-state index contributed by atoms with van der Waals surface area (Å²) in [5.74, 6) is -1.34. The van der Waals surface area contributed by atoms with E-state index in [-0.39, 0.29) is 11.3 Å². The van der Waals surface area contributed by atoms with Gasteiger partial charge in [-0.1, -0.05) is 34.1 Å². The molecule has 2 aromatic carbocycles. The van der Waals surface area contributed by atoms with E-state index >= 15 is 0 Å². The maximum absolute atomic E-state index is 13.2.